The summed E-state index contributed by atoms with van der Waals surface area (Å²) in [6.07, 6.45) is 7.22. The van der Waals surface area contributed by atoms with Gasteiger partial charge in [0.25, 0.3) is 0 Å². The van der Waals surface area contributed by atoms with Crippen LogP contribution < -0.4 is 11.1 Å². The standard InChI is InChI=1S/C22H17Cl2N3O.C9H7NO.C7H5ClO.C6H7ClN2/c1-13-11-19(26-12-18(13)24)27-21(15-6-2-3-7-17(15)23)16-9-8-14-5-4-10-25-20(14)22(16)28;11-8-5-1-3-7-4-2-6-10-9(7)8;8-7-4-2-1-3-6(7)5-9;1-4-2-6(8)9-3-5(4)7/h2-12,21,28H,1H3,(H,26,27);1-6,11H;1-5H;2-3H,1H3,(H2,8,9). The molecule has 0 saturated carbocycles. The van der Waals surface area contributed by atoms with Crippen LogP contribution in [0.25, 0.3) is 21.8 Å². The number of hydrogen-bond donors (Lipinski definition) is 4. The number of aromatic hydroxyl groups is 2. The first kappa shape index (κ1) is 42.2. The summed E-state index contributed by atoms with van der Waals surface area (Å²) in [7, 11) is 0. The Kier molecular flexibility index (Phi) is 15.0. The maximum absolute atomic E-state index is 11.0. The van der Waals surface area contributed by atoms with Crippen LogP contribution in [0, 0.1) is 13.8 Å². The molecule has 0 amide bonds. The maximum Gasteiger partial charge on any atom is 0.151 e. The molecule has 0 aliphatic carbocycles. The van der Waals surface area contributed by atoms with Gasteiger partial charge in [-0.15, -0.1) is 0 Å². The van der Waals surface area contributed by atoms with E-state index >= 15 is 0 Å². The van der Waals surface area contributed by atoms with Crippen molar-refractivity contribution in [3.8, 4) is 11.5 Å². The summed E-state index contributed by atoms with van der Waals surface area (Å²) in [5.74, 6) is 1.49. The van der Waals surface area contributed by atoms with E-state index in [0.29, 0.717) is 53.9 Å². The Labute approximate surface area is 349 Å². The molecule has 9 nitrogen and oxygen atoms in total. The van der Waals surface area contributed by atoms with Crippen LogP contribution >= 0.6 is 46.4 Å². The lowest BCUT2D eigenvalue weighted by Crippen LogP contribution is -2.14. The minimum absolute atomic E-state index is 0.112. The van der Waals surface area contributed by atoms with Gasteiger partial charge in [0.1, 0.15) is 34.2 Å². The van der Waals surface area contributed by atoms with E-state index in [-0.39, 0.29) is 11.5 Å². The van der Waals surface area contributed by atoms with E-state index in [9.17, 15) is 15.0 Å². The highest BCUT2D eigenvalue weighted by molar-refractivity contribution is 6.33. The molecule has 1 unspecified atom stereocenters. The molecular weight excluding hydrogens is 802 g/mol. The highest BCUT2D eigenvalue weighted by Crippen LogP contribution is 2.38. The molecule has 13 heteroatoms. The molecule has 0 radical (unpaired) electrons. The lowest BCUT2D eigenvalue weighted by molar-refractivity contribution is 0.112. The average molecular weight is 839 g/mol. The van der Waals surface area contributed by atoms with Gasteiger partial charge in [-0.3, -0.25) is 14.8 Å². The smallest absolute Gasteiger partial charge is 0.151 e. The summed E-state index contributed by atoms with van der Waals surface area (Å²) in [6, 6.07) is 34.3. The molecule has 57 heavy (non-hydrogen) atoms. The van der Waals surface area contributed by atoms with E-state index in [1.165, 1.54) is 0 Å². The highest BCUT2D eigenvalue weighted by atomic mass is 35.5. The van der Waals surface area contributed by atoms with E-state index in [2.05, 4.69) is 25.3 Å². The number of aldehydes is 1. The van der Waals surface area contributed by atoms with Crippen LogP contribution in [-0.4, -0.2) is 36.4 Å². The van der Waals surface area contributed by atoms with Crippen molar-refractivity contribution in [3.63, 3.8) is 0 Å². The Hall–Kier alpha value is -5.97. The number of phenols is 2. The first-order valence-corrected chi connectivity index (χ1v) is 18.8. The van der Waals surface area contributed by atoms with Crippen LogP contribution in [0.1, 0.15) is 38.7 Å². The molecule has 5 N–H and O–H groups in total. The molecule has 0 aliphatic heterocycles. The number of anilines is 2. The Morgan fingerprint density at radius 3 is 1.81 bits per heavy atom. The fourth-order valence-corrected chi connectivity index (χ4v) is 6.03. The number of pyridine rings is 4. The van der Waals surface area contributed by atoms with Gasteiger partial charge >= 0.3 is 0 Å². The number of nitrogens with two attached hydrogens (primary N) is 1. The van der Waals surface area contributed by atoms with E-state index in [4.69, 9.17) is 52.1 Å². The largest absolute Gasteiger partial charge is 0.506 e. The second-order valence-electron chi connectivity index (χ2n) is 12.3. The Balaban J connectivity index is 0.000000173. The van der Waals surface area contributed by atoms with Crippen LogP contribution in [0.5, 0.6) is 11.5 Å². The van der Waals surface area contributed by atoms with Gasteiger partial charge in [0, 0.05) is 51.7 Å². The zero-order chi connectivity index (χ0) is 40.9. The Bertz CT molecular complexity index is 2620. The van der Waals surface area contributed by atoms with Crippen molar-refractivity contribution in [1.29, 1.82) is 0 Å². The highest BCUT2D eigenvalue weighted by Gasteiger charge is 2.22. The van der Waals surface area contributed by atoms with Crippen molar-refractivity contribution in [2.45, 2.75) is 19.9 Å². The number of carbonyl (C=O) groups excluding carboxylic acids is 1. The number of nitrogen functional groups attached to an aromatic ring is 1. The average Bonchev–Trinajstić information content (AvgIpc) is 3.22. The molecule has 0 fully saturated rings. The van der Waals surface area contributed by atoms with Gasteiger partial charge < -0.3 is 21.3 Å². The van der Waals surface area contributed by atoms with Gasteiger partial charge in [0.05, 0.1) is 21.1 Å². The van der Waals surface area contributed by atoms with E-state index < -0.39 is 6.04 Å². The Morgan fingerprint density at radius 2 is 1.21 bits per heavy atom. The number of nitrogens with one attached hydrogen (secondary N) is 1. The van der Waals surface area contributed by atoms with Crippen LogP contribution in [0.2, 0.25) is 20.1 Å². The van der Waals surface area contributed by atoms with E-state index in [1.54, 1.807) is 67.3 Å². The third-order valence-electron chi connectivity index (χ3n) is 8.36. The number of aryl methyl sites for hydroxylation is 2. The monoisotopic (exact) mass is 836 g/mol. The summed E-state index contributed by atoms with van der Waals surface area (Å²) in [4.78, 5) is 26.7. The van der Waals surface area contributed by atoms with Gasteiger partial charge in [0.15, 0.2) is 6.29 Å². The van der Waals surface area contributed by atoms with Crippen LogP contribution in [0.15, 0.2) is 140 Å². The van der Waals surface area contributed by atoms with Crippen molar-refractivity contribution < 1.29 is 15.0 Å². The number of aromatic nitrogens is 4. The van der Waals surface area contributed by atoms with Gasteiger partial charge in [-0.1, -0.05) is 119 Å². The molecule has 288 valence electrons. The zero-order valence-electron chi connectivity index (χ0n) is 30.6. The third-order valence-corrected chi connectivity index (χ3v) is 9.84. The number of fused-ring (bicyclic) bond motifs is 2. The fraction of sp³-hybridized carbons (Fsp3) is 0.0682. The number of benzene rings is 4. The molecule has 0 spiro atoms. The molecule has 0 bridgehead atoms. The summed E-state index contributed by atoms with van der Waals surface area (Å²) < 4.78 is 0. The first-order valence-electron chi connectivity index (χ1n) is 17.3. The lowest BCUT2D eigenvalue weighted by atomic mass is 9.96. The predicted octanol–water partition coefficient (Wildman–Crippen LogP) is 11.9. The van der Waals surface area contributed by atoms with Gasteiger partial charge in [-0.05, 0) is 73.0 Å². The SMILES string of the molecule is Cc1cc(N)ncc1Cl.Cc1cc(NC(c2ccccc2Cl)c2ccc3cccnc3c2O)ncc1Cl.O=Cc1ccccc1Cl.Oc1cccc2cccnc12. The second-order valence-corrected chi connectivity index (χ2v) is 14.0. The molecule has 4 heterocycles. The number of carbonyl (C=O) groups is 1. The summed E-state index contributed by atoms with van der Waals surface area (Å²) in [5.41, 5.74) is 10.5. The van der Waals surface area contributed by atoms with Crippen molar-refractivity contribution in [3.05, 3.63) is 188 Å². The van der Waals surface area contributed by atoms with E-state index in [0.717, 1.165) is 33.7 Å². The van der Waals surface area contributed by atoms with Crippen molar-refractivity contribution in [1.82, 2.24) is 19.9 Å². The van der Waals surface area contributed by atoms with Crippen molar-refractivity contribution >= 4 is 86.1 Å². The molecule has 8 rings (SSSR count). The fourth-order valence-electron chi connectivity index (χ4n) is 5.40. The molecule has 4 aromatic carbocycles. The quantitative estimate of drug-likeness (QED) is 0.124. The van der Waals surface area contributed by atoms with Crippen molar-refractivity contribution in [2.75, 3.05) is 11.1 Å². The topological polar surface area (TPSA) is 147 Å². The third kappa shape index (κ3) is 11.3. The van der Waals surface area contributed by atoms with Crippen LogP contribution in [0.4, 0.5) is 11.6 Å². The number of rotatable bonds is 5. The first-order chi connectivity index (χ1) is 27.5. The molecular formula is C44H36Cl4N6O3. The minimum Gasteiger partial charge on any atom is -0.506 e. The predicted molar refractivity (Wildman–Crippen MR) is 233 cm³/mol. The normalized spacial score (nSPS) is 10.8. The lowest BCUT2D eigenvalue weighted by Gasteiger charge is -2.23. The number of phenolic OH excluding ortho intramolecular Hbond substituents is 2. The minimum atomic E-state index is -0.423. The van der Waals surface area contributed by atoms with Crippen LogP contribution in [-0.2, 0) is 0 Å². The molecule has 8 aromatic rings. The van der Waals surface area contributed by atoms with Gasteiger partial charge in [-0.25, -0.2) is 9.97 Å². The van der Waals surface area contributed by atoms with Gasteiger partial charge in [-0.2, -0.15) is 0 Å². The number of halogens is 4. The van der Waals surface area contributed by atoms with Crippen LogP contribution in [0.3, 0.4) is 0 Å². The van der Waals surface area contributed by atoms with Gasteiger partial charge in [0.2, 0.25) is 0 Å². The number of hydrogen-bond acceptors (Lipinski definition) is 9. The Morgan fingerprint density at radius 1 is 0.614 bits per heavy atom. The molecule has 4 aromatic heterocycles. The molecule has 0 aliphatic rings. The summed E-state index contributed by atoms with van der Waals surface area (Å²) in [5, 5.41) is 27.8. The molecule has 0 saturated heterocycles. The molecule has 1 atom stereocenters. The zero-order valence-corrected chi connectivity index (χ0v) is 33.6. The summed E-state index contributed by atoms with van der Waals surface area (Å²) in [6.45, 7) is 3.80. The summed E-state index contributed by atoms with van der Waals surface area (Å²) >= 11 is 23.8. The number of para-hydroxylation sites is 1. The number of nitrogens with zero attached hydrogens (tertiary/aromatic N) is 4. The van der Waals surface area contributed by atoms with E-state index in [1.807, 2.05) is 86.6 Å². The van der Waals surface area contributed by atoms with Crippen molar-refractivity contribution in [2.24, 2.45) is 0 Å². The maximum atomic E-state index is 11.0. The second kappa shape index (κ2) is 20.3.